The van der Waals surface area contributed by atoms with Crippen molar-refractivity contribution in [3.05, 3.63) is 44.7 Å². The van der Waals surface area contributed by atoms with Gasteiger partial charge in [0, 0.05) is 23.5 Å². The predicted molar refractivity (Wildman–Crippen MR) is 87.5 cm³/mol. The number of hydrogen-bond donors (Lipinski definition) is 0. The summed E-state index contributed by atoms with van der Waals surface area (Å²) in [5.74, 6) is 0. The van der Waals surface area contributed by atoms with Crippen LogP contribution in [0.5, 0.6) is 0 Å². The minimum absolute atomic E-state index is 0.482. The van der Waals surface area contributed by atoms with Gasteiger partial charge in [0.1, 0.15) is 5.54 Å². The Bertz CT molecular complexity index is 574. The molecule has 1 heterocycles. The molecule has 0 amide bonds. The Hall–Kier alpha value is -0.920. The van der Waals surface area contributed by atoms with Crippen molar-refractivity contribution in [1.29, 1.82) is 0 Å². The van der Waals surface area contributed by atoms with E-state index >= 15 is 0 Å². The lowest BCUT2D eigenvalue weighted by Gasteiger charge is -2.27. The van der Waals surface area contributed by atoms with E-state index in [1.54, 1.807) is 33.8 Å². The van der Waals surface area contributed by atoms with Gasteiger partial charge in [-0.1, -0.05) is 17.2 Å². The van der Waals surface area contributed by atoms with Crippen LogP contribution in [-0.2, 0) is 5.21 Å². The van der Waals surface area contributed by atoms with Gasteiger partial charge in [-0.3, -0.25) is 0 Å². The molecular weight excluding hydrogens is 367 g/mol. The van der Waals surface area contributed by atoms with Crippen molar-refractivity contribution in [3.8, 4) is 0 Å². The van der Waals surface area contributed by atoms with E-state index in [1.807, 2.05) is 30.3 Å². The van der Waals surface area contributed by atoms with Crippen LogP contribution in [0.3, 0.4) is 0 Å². The Morgan fingerprint density at radius 2 is 1.70 bits per heavy atom. The molecule has 0 saturated carbocycles. The highest BCUT2D eigenvalue weighted by Gasteiger charge is 2.56. The fourth-order valence-corrected chi connectivity index (χ4v) is 2.79. The fourth-order valence-electron chi connectivity index (χ4n) is 2.43. The van der Waals surface area contributed by atoms with E-state index in [2.05, 4.69) is 22.6 Å². The van der Waals surface area contributed by atoms with Crippen LogP contribution in [0.4, 0.5) is 0 Å². The van der Waals surface area contributed by atoms with Gasteiger partial charge in [-0.15, -0.1) is 5.21 Å². The molecule has 5 heteroatoms. The molecule has 2 rings (SSSR count). The fraction of sp³-hybridized carbons (Fsp3) is 0.400. The molecule has 0 aliphatic carbocycles. The highest BCUT2D eigenvalue weighted by Crippen LogP contribution is 2.33. The second kappa shape index (κ2) is 5.13. The Morgan fingerprint density at radius 1 is 1.15 bits per heavy atom. The molecular formula is C15H18IN2O2. The van der Waals surface area contributed by atoms with Crippen molar-refractivity contribution < 1.29 is 9.95 Å². The lowest BCUT2D eigenvalue weighted by atomic mass is 9.97. The summed E-state index contributed by atoms with van der Waals surface area (Å²) in [6.45, 7) is 6.82. The topological polar surface area (TPSA) is 49.2 Å². The van der Waals surface area contributed by atoms with E-state index in [0.717, 1.165) is 18.9 Å². The number of nitrogens with zero attached hydrogens (tertiary/aromatic N) is 2. The van der Waals surface area contributed by atoms with E-state index in [-0.39, 0.29) is 0 Å². The lowest BCUT2D eigenvalue weighted by molar-refractivity contribution is -0.586. The van der Waals surface area contributed by atoms with Gasteiger partial charge in [0.05, 0.1) is 0 Å². The SMILES string of the molecule is CC1(C)C(/C=C/c2ccc(I)cc2)=[N+]([O-])C(C)(C)N1[O]. The van der Waals surface area contributed by atoms with Gasteiger partial charge in [-0.2, -0.15) is 4.74 Å². The quantitative estimate of drug-likeness (QED) is 0.445. The van der Waals surface area contributed by atoms with Crippen molar-refractivity contribution in [2.45, 2.75) is 38.9 Å². The van der Waals surface area contributed by atoms with E-state index in [9.17, 15) is 10.4 Å². The van der Waals surface area contributed by atoms with E-state index in [0.29, 0.717) is 5.71 Å². The zero-order chi connectivity index (χ0) is 15.1. The van der Waals surface area contributed by atoms with Crippen LogP contribution in [-0.4, -0.2) is 26.7 Å². The summed E-state index contributed by atoms with van der Waals surface area (Å²) in [5, 5.41) is 25.4. The summed E-state index contributed by atoms with van der Waals surface area (Å²) < 4.78 is 1.97. The van der Waals surface area contributed by atoms with Crippen LogP contribution in [0.1, 0.15) is 33.3 Å². The zero-order valence-corrected chi connectivity index (χ0v) is 14.2. The van der Waals surface area contributed by atoms with Gasteiger partial charge < -0.3 is 5.21 Å². The molecule has 1 aliphatic rings. The number of hydrogen-bond acceptors (Lipinski definition) is 2. The maximum atomic E-state index is 12.3. The predicted octanol–water partition coefficient (Wildman–Crippen LogP) is 3.43. The van der Waals surface area contributed by atoms with Gasteiger partial charge in [-0.25, -0.2) is 0 Å². The monoisotopic (exact) mass is 385 g/mol. The van der Waals surface area contributed by atoms with E-state index < -0.39 is 11.2 Å². The smallest absolute Gasteiger partial charge is 0.248 e. The number of benzene rings is 1. The molecule has 20 heavy (non-hydrogen) atoms. The molecule has 0 saturated heterocycles. The summed E-state index contributed by atoms with van der Waals surface area (Å²) in [5.41, 5.74) is -0.416. The molecule has 4 nitrogen and oxygen atoms in total. The zero-order valence-electron chi connectivity index (χ0n) is 12.1. The van der Waals surface area contributed by atoms with Gasteiger partial charge in [-0.05, 0) is 60.2 Å². The maximum Gasteiger partial charge on any atom is 0.248 e. The molecule has 1 aromatic carbocycles. The van der Waals surface area contributed by atoms with Crippen LogP contribution in [0.2, 0.25) is 0 Å². The summed E-state index contributed by atoms with van der Waals surface area (Å²) in [6, 6.07) is 7.97. The van der Waals surface area contributed by atoms with Crippen LogP contribution >= 0.6 is 22.6 Å². The summed E-state index contributed by atoms with van der Waals surface area (Å²) >= 11 is 2.24. The van der Waals surface area contributed by atoms with Crippen LogP contribution in [0, 0.1) is 8.78 Å². The second-order valence-electron chi connectivity index (χ2n) is 5.91. The van der Waals surface area contributed by atoms with Crippen molar-refractivity contribution in [2.75, 3.05) is 0 Å². The summed E-state index contributed by atoms with van der Waals surface area (Å²) in [7, 11) is 0. The minimum Gasteiger partial charge on any atom is -0.622 e. The third-order valence-corrected chi connectivity index (χ3v) is 4.37. The highest BCUT2D eigenvalue weighted by atomic mass is 127. The first-order valence-corrected chi connectivity index (χ1v) is 7.51. The van der Waals surface area contributed by atoms with Crippen molar-refractivity contribution in [3.63, 3.8) is 0 Å². The van der Waals surface area contributed by atoms with Gasteiger partial charge >= 0.3 is 0 Å². The van der Waals surface area contributed by atoms with E-state index in [4.69, 9.17) is 0 Å². The second-order valence-corrected chi connectivity index (χ2v) is 7.16. The number of rotatable bonds is 2. The first-order valence-electron chi connectivity index (χ1n) is 6.43. The summed E-state index contributed by atoms with van der Waals surface area (Å²) in [4.78, 5) is 0. The molecule has 0 unspecified atom stereocenters. The van der Waals surface area contributed by atoms with Crippen molar-refractivity contribution >= 4 is 34.4 Å². The average molecular weight is 385 g/mol. The molecule has 107 valence electrons. The molecule has 1 aromatic rings. The number of hydroxylamine groups is 3. The highest BCUT2D eigenvalue weighted by molar-refractivity contribution is 14.1. The van der Waals surface area contributed by atoms with Crippen molar-refractivity contribution in [2.24, 2.45) is 0 Å². The number of halogens is 1. The molecule has 0 fully saturated rings. The summed E-state index contributed by atoms with van der Waals surface area (Å²) in [6.07, 6.45) is 3.61. The van der Waals surface area contributed by atoms with Gasteiger partial charge in [0.2, 0.25) is 11.4 Å². The van der Waals surface area contributed by atoms with Crippen LogP contribution < -0.4 is 0 Å². The molecule has 0 bridgehead atoms. The van der Waals surface area contributed by atoms with E-state index in [1.165, 1.54) is 0 Å². The van der Waals surface area contributed by atoms with Gasteiger partial charge in [0.25, 0.3) is 0 Å². The Balaban J connectivity index is 2.37. The first-order chi connectivity index (χ1) is 9.17. The molecule has 1 radical (unpaired) electrons. The Morgan fingerprint density at radius 3 is 2.15 bits per heavy atom. The maximum absolute atomic E-state index is 12.3. The van der Waals surface area contributed by atoms with Crippen LogP contribution in [0.25, 0.3) is 6.08 Å². The van der Waals surface area contributed by atoms with Crippen LogP contribution in [0.15, 0.2) is 30.3 Å². The largest absolute Gasteiger partial charge is 0.622 e. The van der Waals surface area contributed by atoms with Crippen molar-refractivity contribution in [1.82, 2.24) is 5.06 Å². The third kappa shape index (κ3) is 2.49. The molecule has 0 aromatic heterocycles. The minimum atomic E-state index is -1.07. The molecule has 1 aliphatic heterocycles. The molecule has 0 spiro atoms. The Labute approximate surface area is 133 Å². The standard InChI is InChI=1S/C15H18IN2O2/c1-14(2)13(17(19)15(3,4)18(14)20)10-7-11-5-8-12(16)9-6-11/h5-10H,1-4H3/b10-7+. The molecule has 0 atom stereocenters. The lowest BCUT2D eigenvalue weighted by Crippen LogP contribution is -2.50. The van der Waals surface area contributed by atoms with Gasteiger partial charge in [0.15, 0.2) is 0 Å². The third-order valence-electron chi connectivity index (χ3n) is 3.65. The normalized spacial score (nSPS) is 21.9. The molecule has 0 N–H and O–H groups in total. The average Bonchev–Trinajstić information content (AvgIpc) is 2.49. The first kappa shape index (κ1) is 15.5. The Kier molecular flexibility index (Phi) is 3.96.